The molecule has 0 saturated carbocycles. The quantitative estimate of drug-likeness (QED) is 0.644. The Morgan fingerprint density at radius 2 is 2.18 bits per heavy atom. The van der Waals surface area contributed by atoms with Crippen LogP contribution in [0.1, 0.15) is 5.82 Å². The summed E-state index contributed by atoms with van der Waals surface area (Å²) in [6, 6.07) is 3.31. The van der Waals surface area contributed by atoms with Crippen LogP contribution in [0.4, 0.5) is 0 Å². The Balaban J connectivity index is 2.43. The predicted molar refractivity (Wildman–Crippen MR) is 60.5 cm³/mol. The third-order valence-electron chi connectivity index (χ3n) is 2.53. The molecule has 3 aromatic rings. The van der Waals surface area contributed by atoms with Gasteiger partial charge in [-0.15, -0.1) is 5.10 Å². The van der Waals surface area contributed by atoms with Crippen LogP contribution >= 0.6 is 0 Å². The molecule has 0 amide bonds. The summed E-state index contributed by atoms with van der Waals surface area (Å²) in [6.07, 6.45) is 1.67. The number of aromatic nitrogens is 6. The zero-order chi connectivity index (χ0) is 12.0. The maximum Gasteiger partial charge on any atom is 0.252 e. The predicted octanol–water partition coefficient (Wildman–Crippen LogP) is 0.127. The van der Waals surface area contributed by atoms with Gasteiger partial charge in [0.1, 0.15) is 5.82 Å². The first-order chi connectivity index (χ1) is 8.15. The molecule has 0 spiro atoms. The van der Waals surface area contributed by atoms with E-state index in [1.54, 1.807) is 22.3 Å². The Bertz CT molecular complexity index is 750. The summed E-state index contributed by atoms with van der Waals surface area (Å²) < 4.78 is 3.29. The smallest absolute Gasteiger partial charge is 0.252 e. The third kappa shape index (κ3) is 1.43. The molecule has 0 radical (unpaired) electrons. The van der Waals surface area contributed by atoms with E-state index in [4.69, 9.17) is 0 Å². The lowest BCUT2D eigenvalue weighted by molar-refractivity contribution is 0.766. The lowest BCUT2D eigenvalue weighted by Crippen LogP contribution is -2.11. The van der Waals surface area contributed by atoms with Crippen molar-refractivity contribution in [2.24, 2.45) is 7.05 Å². The molecule has 86 valence electrons. The van der Waals surface area contributed by atoms with Gasteiger partial charge in [0.25, 0.3) is 5.56 Å². The molecular formula is C10H10N6O. The molecule has 0 saturated heterocycles. The van der Waals surface area contributed by atoms with Crippen LogP contribution in [0.25, 0.3) is 17.2 Å². The monoisotopic (exact) mass is 230 g/mol. The largest absolute Gasteiger partial charge is 0.291 e. The molecule has 0 unspecified atom stereocenters. The first kappa shape index (κ1) is 9.76. The normalized spacial score (nSPS) is 11.2. The molecule has 7 nitrogen and oxygen atoms in total. The molecule has 7 heteroatoms. The van der Waals surface area contributed by atoms with Gasteiger partial charge < -0.3 is 0 Å². The van der Waals surface area contributed by atoms with E-state index in [1.165, 1.54) is 6.07 Å². The fourth-order valence-electron chi connectivity index (χ4n) is 1.80. The van der Waals surface area contributed by atoms with Crippen LogP contribution in [0.15, 0.2) is 23.1 Å². The molecule has 1 N–H and O–H groups in total. The second-order valence-corrected chi connectivity index (χ2v) is 3.75. The van der Waals surface area contributed by atoms with Crippen molar-refractivity contribution in [2.45, 2.75) is 6.92 Å². The summed E-state index contributed by atoms with van der Waals surface area (Å²) >= 11 is 0. The van der Waals surface area contributed by atoms with E-state index in [2.05, 4.69) is 20.2 Å². The summed E-state index contributed by atoms with van der Waals surface area (Å²) in [5, 5.41) is 8.32. The van der Waals surface area contributed by atoms with Gasteiger partial charge in [-0.2, -0.15) is 14.6 Å². The standard InChI is InChI=1S/C10H10N6O/c1-6-12-10-13-9(17)5-8(16(10)14-6)7-3-4-11-15(7)2/h3-5H,1-2H3,(H,12,13,14,17). The Hall–Kier alpha value is -2.44. The van der Waals surface area contributed by atoms with Crippen molar-refractivity contribution in [3.63, 3.8) is 0 Å². The van der Waals surface area contributed by atoms with Gasteiger partial charge >= 0.3 is 0 Å². The molecule has 3 heterocycles. The number of aryl methyl sites for hydroxylation is 2. The van der Waals surface area contributed by atoms with Crippen molar-refractivity contribution in [3.05, 3.63) is 34.5 Å². The Labute approximate surface area is 95.7 Å². The first-order valence-electron chi connectivity index (χ1n) is 5.10. The first-order valence-corrected chi connectivity index (χ1v) is 5.10. The molecule has 0 bridgehead atoms. The van der Waals surface area contributed by atoms with E-state index in [-0.39, 0.29) is 5.56 Å². The zero-order valence-corrected chi connectivity index (χ0v) is 9.38. The number of H-pyrrole nitrogens is 1. The molecule has 0 aromatic carbocycles. The van der Waals surface area contributed by atoms with Gasteiger partial charge in [0.15, 0.2) is 0 Å². The number of nitrogens with one attached hydrogen (secondary N) is 1. The highest BCUT2D eigenvalue weighted by Gasteiger charge is 2.11. The van der Waals surface area contributed by atoms with E-state index in [0.29, 0.717) is 17.3 Å². The van der Waals surface area contributed by atoms with Crippen LogP contribution in [-0.2, 0) is 7.05 Å². The maximum atomic E-state index is 11.6. The van der Waals surface area contributed by atoms with Crippen molar-refractivity contribution in [3.8, 4) is 11.4 Å². The highest BCUT2D eigenvalue weighted by molar-refractivity contribution is 5.56. The van der Waals surface area contributed by atoms with Crippen LogP contribution in [-0.4, -0.2) is 29.4 Å². The number of rotatable bonds is 1. The van der Waals surface area contributed by atoms with Crippen molar-refractivity contribution in [2.75, 3.05) is 0 Å². The van der Waals surface area contributed by atoms with Gasteiger partial charge in [0, 0.05) is 19.3 Å². The minimum atomic E-state index is -0.207. The molecule has 0 aliphatic rings. The van der Waals surface area contributed by atoms with E-state index in [0.717, 1.165) is 5.69 Å². The van der Waals surface area contributed by atoms with Crippen LogP contribution in [0.5, 0.6) is 0 Å². The number of fused-ring (bicyclic) bond motifs is 1. The molecule has 0 aliphatic heterocycles. The SMILES string of the molecule is Cc1nc2[nH]c(=O)cc(-c3ccnn3C)n2n1. The average molecular weight is 230 g/mol. The second-order valence-electron chi connectivity index (χ2n) is 3.75. The third-order valence-corrected chi connectivity index (χ3v) is 2.53. The maximum absolute atomic E-state index is 11.6. The summed E-state index contributed by atoms with van der Waals surface area (Å²) in [7, 11) is 1.81. The second kappa shape index (κ2) is 3.27. The van der Waals surface area contributed by atoms with Crippen LogP contribution < -0.4 is 5.56 Å². The van der Waals surface area contributed by atoms with Crippen LogP contribution in [0.2, 0.25) is 0 Å². The molecule has 0 aliphatic carbocycles. The highest BCUT2D eigenvalue weighted by Crippen LogP contribution is 2.16. The van der Waals surface area contributed by atoms with Gasteiger partial charge in [0.2, 0.25) is 5.78 Å². The molecule has 0 fully saturated rings. The van der Waals surface area contributed by atoms with E-state index in [9.17, 15) is 4.79 Å². The molecule has 17 heavy (non-hydrogen) atoms. The Kier molecular flexibility index (Phi) is 1.88. The highest BCUT2D eigenvalue weighted by atomic mass is 16.1. The molecule has 0 atom stereocenters. The number of nitrogens with zero attached hydrogens (tertiary/aromatic N) is 5. The van der Waals surface area contributed by atoms with E-state index in [1.807, 2.05) is 13.1 Å². The lowest BCUT2D eigenvalue weighted by atomic mass is 10.3. The van der Waals surface area contributed by atoms with Crippen molar-refractivity contribution < 1.29 is 0 Å². The van der Waals surface area contributed by atoms with Crippen molar-refractivity contribution in [1.82, 2.24) is 29.4 Å². The number of aromatic amines is 1. The average Bonchev–Trinajstić information content (AvgIpc) is 2.82. The molecule has 3 rings (SSSR count). The lowest BCUT2D eigenvalue weighted by Gasteiger charge is -2.03. The fourth-order valence-corrected chi connectivity index (χ4v) is 1.80. The Morgan fingerprint density at radius 1 is 1.35 bits per heavy atom. The van der Waals surface area contributed by atoms with Gasteiger partial charge in [-0.3, -0.25) is 14.5 Å². The number of hydrogen-bond acceptors (Lipinski definition) is 4. The number of hydrogen-bond donors (Lipinski definition) is 1. The molecule has 3 aromatic heterocycles. The minimum Gasteiger partial charge on any atom is -0.291 e. The van der Waals surface area contributed by atoms with Gasteiger partial charge in [-0.1, -0.05) is 0 Å². The van der Waals surface area contributed by atoms with Crippen molar-refractivity contribution >= 4 is 5.78 Å². The van der Waals surface area contributed by atoms with Gasteiger partial charge in [0.05, 0.1) is 11.4 Å². The topological polar surface area (TPSA) is 80.9 Å². The van der Waals surface area contributed by atoms with Gasteiger partial charge in [-0.25, -0.2) is 0 Å². The summed E-state index contributed by atoms with van der Waals surface area (Å²) in [5.41, 5.74) is 1.27. The zero-order valence-electron chi connectivity index (χ0n) is 9.38. The van der Waals surface area contributed by atoms with E-state index < -0.39 is 0 Å². The van der Waals surface area contributed by atoms with E-state index >= 15 is 0 Å². The fraction of sp³-hybridized carbons (Fsp3) is 0.200. The Morgan fingerprint density at radius 3 is 2.88 bits per heavy atom. The summed E-state index contributed by atoms with van der Waals surface area (Å²) in [4.78, 5) is 18.3. The van der Waals surface area contributed by atoms with Crippen LogP contribution in [0.3, 0.4) is 0 Å². The molecular weight excluding hydrogens is 220 g/mol. The minimum absolute atomic E-state index is 0.207. The summed E-state index contributed by atoms with van der Waals surface area (Å²) in [6.45, 7) is 1.78. The summed E-state index contributed by atoms with van der Waals surface area (Å²) in [5.74, 6) is 1.04. The van der Waals surface area contributed by atoms with Crippen molar-refractivity contribution in [1.29, 1.82) is 0 Å². The van der Waals surface area contributed by atoms with Gasteiger partial charge in [-0.05, 0) is 13.0 Å². The van der Waals surface area contributed by atoms with Crippen LogP contribution in [0, 0.1) is 6.92 Å².